The largest absolute Gasteiger partial charge is 0.378 e. The molecule has 0 spiro atoms. The Labute approximate surface area is 166 Å². The number of amides is 2. The van der Waals surface area contributed by atoms with E-state index in [1.807, 2.05) is 100 Å². The van der Waals surface area contributed by atoms with Gasteiger partial charge in [0, 0.05) is 39.6 Å². The Balaban J connectivity index is 1.93. The summed E-state index contributed by atoms with van der Waals surface area (Å²) in [6.07, 6.45) is 0. The molecule has 0 aliphatic carbocycles. The van der Waals surface area contributed by atoms with Gasteiger partial charge in [0.05, 0.1) is 11.4 Å². The van der Waals surface area contributed by atoms with E-state index in [0.29, 0.717) is 11.4 Å². The monoisotopic (exact) mass is 380 g/mol. The van der Waals surface area contributed by atoms with Crippen molar-refractivity contribution in [2.45, 2.75) is 13.8 Å². The first-order chi connectivity index (χ1) is 13.3. The van der Waals surface area contributed by atoms with Crippen LogP contribution in [0, 0.1) is 0 Å². The fraction of sp³-hybridized carbons (Fsp3) is 0.286. The van der Waals surface area contributed by atoms with Crippen molar-refractivity contribution in [3.05, 3.63) is 59.7 Å². The molecule has 0 fully saturated rings. The molecule has 0 unspecified atom stereocenters. The predicted molar refractivity (Wildman–Crippen MR) is 118 cm³/mol. The second-order valence-electron chi connectivity index (χ2n) is 6.83. The van der Waals surface area contributed by atoms with Crippen molar-refractivity contribution in [1.29, 1.82) is 0 Å². The number of nitrogens with one attached hydrogen (secondary N) is 2. The van der Waals surface area contributed by atoms with Crippen LogP contribution in [-0.4, -0.2) is 45.6 Å². The van der Waals surface area contributed by atoms with Crippen molar-refractivity contribution in [3.63, 3.8) is 0 Å². The van der Waals surface area contributed by atoms with Crippen LogP contribution in [0.4, 0.5) is 16.2 Å². The number of hydrogen-bond acceptors (Lipinski definition) is 5. The lowest BCUT2D eigenvalue weighted by molar-refractivity contribution is 0.242. The van der Waals surface area contributed by atoms with Gasteiger partial charge < -0.3 is 9.80 Å². The lowest BCUT2D eigenvalue weighted by Gasteiger charge is -2.12. The van der Waals surface area contributed by atoms with E-state index in [4.69, 9.17) is 0 Å². The summed E-state index contributed by atoms with van der Waals surface area (Å²) < 4.78 is 0. The maximum atomic E-state index is 12.0. The van der Waals surface area contributed by atoms with Crippen molar-refractivity contribution in [2.75, 3.05) is 38.0 Å². The molecule has 28 heavy (non-hydrogen) atoms. The fourth-order valence-electron chi connectivity index (χ4n) is 2.42. The summed E-state index contributed by atoms with van der Waals surface area (Å²) in [5.74, 6) is 0. The number of benzene rings is 2. The van der Waals surface area contributed by atoms with Crippen molar-refractivity contribution in [2.24, 2.45) is 10.2 Å². The van der Waals surface area contributed by atoms with Crippen LogP contribution in [0.1, 0.15) is 25.0 Å². The molecule has 2 rings (SSSR count). The Hall–Kier alpha value is -3.35. The highest BCUT2D eigenvalue weighted by Gasteiger charge is 2.03. The van der Waals surface area contributed by atoms with Gasteiger partial charge in [-0.25, -0.2) is 15.6 Å². The van der Waals surface area contributed by atoms with Gasteiger partial charge in [-0.05, 0) is 49.2 Å². The summed E-state index contributed by atoms with van der Waals surface area (Å²) in [6, 6.07) is 15.4. The smallest absolute Gasteiger partial charge is 0.355 e. The van der Waals surface area contributed by atoms with Gasteiger partial charge in [-0.2, -0.15) is 10.2 Å². The number of carbonyl (C=O) groups excluding carboxylic acids is 1. The predicted octanol–water partition coefficient (Wildman–Crippen LogP) is 3.27. The molecular formula is C21H28N6O. The zero-order valence-electron chi connectivity index (χ0n) is 17.3. The van der Waals surface area contributed by atoms with Crippen molar-refractivity contribution >= 4 is 28.8 Å². The summed E-state index contributed by atoms with van der Waals surface area (Å²) in [7, 11) is 7.95. The Morgan fingerprint density at radius 1 is 0.679 bits per heavy atom. The lowest BCUT2D eigenvalue weighted by Crippen LogP contribution is -2.30. The van der Waals surface area contributed by atoms with Crippen molar-refractivity contribution < 1.29 is 4.79 Å². The summed E-state index contributed by atoms with van der Waals surface area (Å²) in [5.41, 5.74) is 10.4. The van der Waals surface area contributed by atoms with Crippen LogP contribution < -0.4 is 20.7 Å². The number of urea groups is 1. The molecule has 2 aromatic carbocycles. The van der Waals surface area contributed by atoms with Gasteiger partial charge in [-0.1, -0.05) is 24.3 Å². The highest BCUT2D eigenvalue weighted by Crippen LogP contribution is 2.13. The van der Waals surface area contributed by atoms with Crippen LogP contribution in [0.3, 0.4) is 0 Å². The Morgan fingerprint density at radius 2 is 1.00 bits per heavy atom. The van der Waals surface area contributed by atoms with Gasteiger partial charge in [0.15, 0.2) is 0 Å². The van der Waals surface area contributed by atoms with E-state index in [9.17, 15) is 4.79 Å². The normalized spacial score (nSPS) is 11.8. The van der Waals surface area contributed by atoms with Crippen LogP contribution in [0.15, 0.2) is 58.7 Å². The molecule has 0 saturated carbocycles. The Bertz CT molecular complexity index is 780. The highest BCUT2D eigenvalue weighted by molar-refractivity contribution is 6.00. The quantitative estimate of drug-likeness (QED) is 0.597. The first-order valence-corrected chi connectivity index (χ1v) is 8.98. The highest BCUT2D eigenvalue weighted by atomic mass is 16.2. The molecule has 2 amide bonds. The van der Waals surface area contributed by atoms with E-state index in [1.165, 1.54) is 0 Å². The molecule has 0 bridgehead atoms. The molecule has 0 saturated heterocycles. The maximum absolute atomic E-state index is 12.0. The van der Waals surface area contributed by atoms with Crippen molar-refractivity contribution in [3.8, 4) is 0 Å². The standard InChI is InChI=1S/C21H28N6O/c1-15(17-7-11-19(12-8-17)26(3)4)22-24-21(28)25-23-16(2)18-9-13-20(14-10-18)27(5)6/h7-14H,1-6H3,(H2,24,25,28)/b22-15-,23-16-. The van der Waals surface area contributed by atoms with Crippen LogP contribution in [0.25, 0.3) is 0 Å². The van der Waals surface area contributed by atoms with Gasteiger partial charge in [0.25, 0.3) is 0 Å². The van der Waals surface area contributed by atoms with Crippen LogP contribution in [0.5, 0.6) is 0 Å². The van der Waals surface area contributed by atoms with Crippen LogP contribution >= 0.6 is 0 Å². The third-order valence-electron chi connectivity index (χ3n) is 4.25. The number of hydrazone groups is 2. The van der Waals surface area contributed by atoms with Gasteiger partial charge in [-0.15, -0.1) is 0 Å². The zero-order chi connectivity index (χ0) is 20.7. The van der Waals surface area contributed by atoms with Crippen molar-refractivity contribution in [1.82, 2.24) is 10.9 Å². The number of nitrogens with zero attached hydrogens (tertiary/aromatic N) is 4. The number of carbonyl (C=O) groups is 1. The first kappa shape index (κ1) is 21.0. The van der Waals surface area contributed by atoms with E-state index in [0.717, 1.165) is 22.5 Å². The van der Waals surface area contributed by atoms with E-state index in [2.05, 4.69) is 21.1 Å². The first-order valence-electron chi connectivity index (χ1n) is 8.98. The lowest BCUT2D eigenvalue weighted by atomic mass is 10.1. The molecule has 0 atom stereocenters. The van der Waals surface area contributed by atoms with E-state index in [1.54, 1.807) is 0 Å². The minimum Gasteiger partial charge on any atom is -0.378 e. The minimum atomic E-state index is -0.492. The van der Waals surface area contributed by atoms with Crippen LogP contribution in [0.2, 0.25) is 0 Å². The number of rotatable bonds is 6. The molecule has 0 heterocycles. The van der Waals surface area contributed by atoms with E-state index >= 15 is 0 Å². The Kier molecular flexibility index (Phi) is 7.14. The average molecular weight is 380 g/mol. The molecule has 148 valence electrons. The zero-order valence-corrected chi connectivity index (χ0v) is 17.3. The van der Waals surface area contributed by atoms with Gasteiger partial charge >= 0.3 is 6.03 Å². The molecular weight excluding hydrogens is 352 g/mol. The maximum Gasteiger partial charge on any atom is 0.355 e. The Morgan fingerprint density at radius 3 is 1.29 bits per heavy atom. The molecule has 7 nitrogen and oxygen atoms in total. The van der Waals surface area contributed by atoms with Crippen LogP contribution in [-0.2, 0) is 0 Å². The number of anilines is 2. The fourth-order valence-corrected chi connectivity index (χ4v) is 2.42. The third kappa shape index (κ3) is 5.84. The number of hydrogen-bond donors (Lipinski definition) is 2. The summed E-state index contributed by atoms with van der Waals surface area (Å²) in [4.78, 5) is 16.0. The van der Waals surface area contributed by atoms with Gasteiger partial charge in [0.1, 0.15) is 0 Å². The second-order valence-corrected chi connectivity index (χ2v) is 6.83. The summed E-state index contributed by atoms with van der Waals surface area (Å²) in [5, 5.41) is 8.23. The van der Waals surface area contributed by atoms with E-state index < -0.39 is 6.03 Å². The van der Waals surface area contributed by atoms with Gasteiger partial charge in [0.2, 0.25) is 0 Å². The second kappa shape index (κ2) is 9.55. The SMILES string of the molecule is C/C(=N/NC(=O)N/N=C(/C)c1ccc(N(C)C)cc1)c1ccc(N(C)C)cc1. The average Bonchev–Trinajstić information content (AvgIpc) is 2.70. The third-order valence-corrected chi connectivity index (χ3v) is 4.25. The molecule has 0 radical (unpaired) electrons. The minimum absolute atomic E-state index is 0.492. The molecule has 0 aromatic heterocycles. The summed E-state index contributed by atoms with van der Waals surface area (Å²) in [6.45, 7) is 3.68. The summed E-state index contributed by atoms with van der Waals surface area (Å²) >= 11 is 0. The topological polar surface area (TPSA) is 72.3 Å². The molecule has 7 heteroatoms. The molecule has 2 N–H and O–H groups in total. The molecule has 2 aromatic rings. The molecule has 0 aliphatic heterocycles. The van der Waals surface area contributed by atoms with Gasteiger partial charge in [-0.3, -0.25) is 0 Å². The van der Waals surface area contributed by atoms with E-state index in [-0.39, 0.29) is 0 Å². The molecule has 0 aliphatic rings.